The first kappa shape index (κ1) is 21.5. The van der Waals surface area contributed by atoms with Crippen molar-refractivity contribution in [2.75, 3.05) is 0 Å². The van der Waals surface area contributed by atoms with Gasteiger partial charge >= 0.3 is 0 Å². The molecular weight excluding hydrogens is 426 g/mol. The van der Waals surface area contributed by atoms with Crippen LogP contribution in [-0.2, 0) is 34.5 Å². The van der Waals surface area contributed by atoms with Gasteiger partial charge in [0.2, 0.25) is 11.8 Å². The van der Waals surface area contributed by atoms with E-state index in [4.69, 9.17) is 0 Å². The number of aryl methyl sites for hydroxylation is 1. The smallest absolute Gasteiger partial charge is 0.255 e. The summed E-state index contributed by atoms with van der Waals surface area (Å²) in [4.78, 5) is 38.2. The Hall–Kier alpha value is -2.99. The zero-order valence-corrected chi connectivity index (χ0v) is 19.4. The summed E-state index contributed by atoms with van der Waals surface area (Å²) in [6, 6.07) is 15.0. The maximum Gasteiger partial charge on any atom is 0.255 e. The molecule has 2 aliphatic heterocycles. The Bertz CT molecular complexity index is 1170. The SMILES string of the molecule is O=C1CCC(N2Cc3cc(CNC4CCC5(CCc6ccccc65)CC4)ccc3C2=O)C(=O)N1. The van der Waals surface area contributed by atoms with Crippen LogP contribution in [0.25, 0.3) is 0 Å². The summed E-state index contributed by atoms with van der Waals surface area (Å²) >= 11 is 0. The number of hydrogen-bond donors (Lipinski definition) is 2. The van der Waals surface area contributed by atoms with Crippen molar-refractivity contribution >= 4 is 17.7 Å². The molecule has 2 N–H and O–H groups in total. The summed E-state index contributed by atoms with van der Waals surface area (Å²) in [6.07, 6.45) is 8.08. The van der Waals surface area contributed by atoms with E-state index in [0.29, 0.717) is 30.0 Å². The third-order valence-corrected chi connectivity index (χ3v) is 8.59. The third-order valence-electron chi connectivity index (χ3n) is 8.59. The van der Waals surface area contributed by atoms with Gasteiger partial charge in [0.05, 0.1) is 0 Å². The minimum absolute atomic E-state index is 0.113. The molecule has 2 aliphatic carbocycles. The van der Waals surface area contributed by atoms with Crippen LogP contribution in [0.5, 0.6) is 0 Å². The van der Waals surface area contributed by atoms with Gasteiger partial charge in [-0.15, -0.1) is 0 Å². The fourth-order valence-corrected chi connectivity index (χ4v) is 6.66. The van der Waals surface area contributed by atoms with E-state index in [1.807, 2.05) is 12.1 Å². The van der Waals surface area contributed by atoms with E-state index in [0.717, 1.165) is 12.1 Å². The highest BCUT2D eigenvalue weighted by molar-refractivity contribution is 6.05. The molecule has 6 rings (SSSR count). The Labute approximate surface area is 200 Å². The molecule has 1 atom stereocenters. The number of carbonyl (C=O) groups excluding carboxylic acids is 3. The summed E-state index contributed by atoms with van der Waals surface area (Å²) in [7, 11) is 0. The van der Waals surface area contributed by atoms with Gasteiger partial charge in [-0.3, -0.25) is 19.7 Å². The normalized spacial score (nSPS) is 28.2. The fraction of sp³-hybridized carbons (Fsp3) is 0.464. The lowest BCUT2D eigenvalue weighted by Gasteiger charge is -2.38. The number of nitrogens with one attached hydrogen (secondary N) is 2. The molecule has 0 radical (unpaired) electrons. The Morgan fingerprint density at radius 1 is 0.941 bits per heavy atom. The number of rotatable bonds is 4. The molecule has 1 saturated carbocycles. The van der Waals surface area contributed by atoms with Crippen LogP contribution in [0.2, 0.25) is 0 Å². The number of imide groups is 1. The van der Waals surface area contributed by atoms with Gasteiger partial charge < -0.3 is 10.2 Å². The number of carbonyl (C=O) groups is 3. The van der Waals surface area contributed by atoms with E-state index in [1.165, 1.54) is 44.1 Å². The van der Waals surface area contributed by atoms with E-state index >= 15 is 0 Å². The van der Waals surface area contributed by atoms with Gasteiger partial charge in [-0.05, 0) is 78.7 Å². The van der Waals surface area contributed by atoms with E-state index in [9.17, 15) is 14.4 Å². The van der Waals surface area contributed by atoms with Crippen LogP contribution in [0.3, 0.4) is 0 Å². The summed E-state index contributed by atoms with van der Waals surface area (Å²) < 4.78 is 0. The predicted octanol–water partition coefficient (Wildman–Crippen LogP) is 3.36. The first-order valence-electron chi connectivity index (χ1n) is 12.6. The molecule has 34 heavy (non-hydrogen) atoms. The first-order chi connectivity index (χ1) is 16.5. The highest BCUT2D eigenvalue weighted by Crippen LogP contribution is 2.48. The Kier molecular flexibility index (Phi) is 5.29. The van der Waals surface area contributed by atoms with Crippen LogP contribution in [0.4, 0.5) is 0 Å². The summed E-state index contributed by atoms with van der Waals surface area (Å²) in [5, 5.41) is 6.12. The van der Waals surface area contributed by atoms with Crippen LogP contribution in [0, 0.1) is 0 Å². The number of amides is 3. The largest absolute Gasteiger partial charge is 0.322 e. The molecule has 1 spiro atoms. The zero-order chi connectivity index (χ0) is 23.3. The van der Waals surface area contributed by atoms with E-state index in [-0.39, 0.29) is 24.1 Å². The number of fused-ring (bicyclic) bond motifs is 3. The molecule has 2 heterocycles. The van der Waals surface area contributed by atoms with Gasteiger partial charge in [-0.1, -0.05) is 36.4 Å². The lowest BCUT2D eigenvalue weighted by Crippen LogP contribution is -2.52. The van der Waals surface area contributed by atoms with Gasteiger partial charge in [0.25, 0.3) is 5.91 Å². The monoisotopic (exact) mass is 457 g/mol. The minimum Gasteiger partial charge on any atom is -0.322 e. The average Bonchev–Trinajstić information content (AvgIpc) is 3.37. The Morgan fingerprint density at radius 2 is 1.76 bits per heavy atom. The Morgan fingerprint density at radius 3 is 2.59 bits per heavy atom. The van der Waals surface area contributed by atoms with Crippen LogP contribution in [-0.4, -0.2) is 34.7 Å². The second-order valence-corrected chi connectivity index (χ2v) is 10.5. The lowest BCUT2D eigenvalue weighted by atomic mass is 9.69. The third kappa shape index (κ3) is 3.65. The van der Waals surface area contributed by atoms with Crippen LogP contribution in [0.15, 0.2) is 42.5 Å². The minimum atomic E-state index is -0.561. The summed E-state index contributed by atoms with van der Waals surface area (Å²) in [6.45, 7) is 1.22. The standard InChI is InChI=1S/C28H31N3O3/c32-25-8-7-24(26(33)30-25)31-17-20-15-18(5-6-22(20)27(31)34)16-29-21-10-13-28(14-11-21)12-9-19-3-1-2-4-23(19)28/h1-6,15,21,24,29H,7-14,16-17H2,(H,30,32,33). The predicted molar refractivity (Wildman–Crippen MR) is 128 cm³/mol. The van der Waals surface area contributed by atoms with Crippen molar-refractivity contribution in [3.05, 3.63) is 70.3 Å². The van der Waals surface area contributed by atoms with Crippen molar-refractivity contribution in [2.24, 2.45) is 0 Å². The second kappa shape index (κ2) is 8.35. The van der Waals surface area contributed by atoms with Gasteiger partial charge in [0.15, 0.2) is 0 Å². The average molecular weight is 458 g/mol. The highest BCUT2D eigenvalue weighted by Gasteiger charge is 2.41. The van der Waals surface area contributed by atoms with Crippen LogP contribution >= 0.6 is 0 Å². The molecule has 1 saturated heterocycles. The molecule has 0 bridgehead atoms. The molecule has 6 heteroatoms. The fourth-order valence-electron chi connectivity index (χ4n) is 6.66. The van der Waals surface area contributed by atoms with Gasteiger partial charge in [0, 0.05) is 31.1 Å². The van der Waals surface area contributed by atoms with Crippen molar-refractivity contribution in [1.29, 1.82) is 0 Å². The van der Waals surface area contributed by atoms with Crippen LogP contribution < -0.4 is 10.6 Å². The first-order valence-corrected chi connectivity index (χ1v) is 12.6. The zero-order valence-electron chi connectivity index (χ0n) is 19.4. The molecular formula is C28H31N3O3. The number of benzene rings is 2. The number of piperidine rings is 1. The van der Waals surface area contributed by atoms with Crippen molar-refractivity contribution in [1.82, 2.24) is 15.5 Å². The quantitative estimate of drug-likeness (QED) is 0.690. The summed E-state index contributed by atoms with van der Waals surface area (Å²) in [5.74, 6) is -0.734. The van der Waals surface area contributed by atoms with E-state index in [2.05, 4.69) is 41.0 Å². The van der Waals surface area contributed by atoms with Crippen molar-refractivity contribution in [3.8, 4) is 0 Å². The van der Waals surface area contributed by atoms with Crippen molar-refractivity contribution in [2.45, 2.75) is 82.0 Å². The number of hydrogen-bond acceptors (Lipinski definition) is 4. The van der Waals surface area contributed by atoms with Gasteiger partial charge in [-0.2, -0.15) is 0 Å². The van der Waals surface area contributed by atoms with E-state index in [1.54, 1.807) is 16.0 Å². The van der Waals surface area contributed by atoms with E-state index < -0.39 is 6.04 Å². The maximum atomic E-state index is 12.9. The molecule has 2 fully saturated rings. The van der Waals surface area contributed by atoms with Crippen molar-refractivity contribution < 1.29 is 14.4 Å². The molecule has 3 amide bonds. The number of nitrogens with zero attached hydrogens (tertiary/aromatic N) is 1. The molecule has 4 aliphatic rings. The molecule has 2 aromatic rings. The molecule has 6 nitrogen and oxygen atoms in total. The van der Waals surface area contributed by atoms with Gasteiger partial charge in [0.1, 0.15) is 6.04 Å². The van der Waals surface area contributed by atoms with Crippen molar-refractivity contribution in [3.63, 3.8) is 0 Å². The molecule has 2 aromatic carbocycles. The molecule has 0 aromatic heterocycles. The topological polar surface area (TPSA) is 78.5 Å². The lowest BCUT2D eigenvalue weighted by molar-refractivity contribution is -0.136. The van der Waals surface area contributed by atoms with Crippen LogP contribution in [0.1, 0.15) is 77.6 Å². The Balaban J connectivity index is 1.07. The van der Waals surface area contributed by atoms with Gasteiger partial charge in [-0.25, -0.2) is 0 Å². The molecule has 176 valence electrons. The summed E-state index contributed by atoms with van der Waals surface area (Å²) in [5.41, 5.74) is 6.35. The maximum absolute atomic E-state index is 12.9. The second-order valence-electron chi connectivity index (χ2n) is 10.5. The highest BCUT2D eigenvalue weighted by atomic mass is 16.2. The molecule has 1 unspecified atom stereocenters.